The third kappa shape index (κ3) is 3.89. The van der Waals surface area contributed by atoms with E-state index in [1.54, 1.807) is 12.0 Å². The Balaban J connectivity index is 1.50. The Labute approximate surface area is 143 Å². The fourth-order valence-corrected chi connectivity index (χ4v) is 3.74. The van der Waals surface area contributed by atoms with E-state index in [4.69, 9.17) is 4.74 Å². The van der Waals surface area contributed by atoms with Crippen molar-refractivity contribution in [2.45, 2.75) is 44.6 Å². The van der Waals surface area contributed by atoms with Gasteiger partial charge in [0.1, 0.15) is 5.75 Å². The van der Waals surface area contributed by atoms with Crippen molar-refractivity contribution < 1.29 is 14.3 Å². The minimum atomic E-state index is 0.0669. The van der Waals surface area contributed by atoms with Crippen LogP contribution in [0.2, 0.25) is 0 Å². The molecule has 24 heavy (non-hydrogen) atoms. The van der Waals surface area contributed by atoms with Gasteiger partial charge in [-0.25, -0.2) is 0 Å². The Bertz CT molecular complexity index is 596. The maximum absolute atomic E-state index is 12.4. The third-order valence-electron chi connectivity index (χ3n) is 5.14. The fourth-order valence-electron chi connectivity index (χ4n) is 3.74. The largest absolute Gasteiger partial charge is 0.497 e. The van der Waals surface area contributed by atoms with Gasteiger partial charge in [0.05, 0.1) is 13.7 Å². The van der Waals surface area contributed by atoms with Gasteiger partial charge in [0.25, 0.3) is 0 Å². The summed E-state index contributed by atoms with van der Waals surface area (Å²) >= 11 is 0. The van der Waals surface area contributed by atoms with Crippen molar-refractivity contribution in [3.8, 4) is 5.75 Å². The van der Waals surface area contributed by atoms with Crippen LogP contribution in [-0.2, 0) is 16.0 Å². The molecule has 2 aliphatic rings. The van der Waals surface area contributed by atoms with E-state index in [0.717, 1.165) is 24.2 Å². The average molecular weight is 330 g/mol. The van der Waals surface area contributed by atoms with Crippen LogP contribution < -0.4 is 4.74 Å². The van der Waals surface area contributed by atoms with Crippen LogP contribution in [0.3, 0.4) is 0 Å². The number of methoxy groups -OCH3 is 1. The van der Waals surface area contributed by atoms with Gasteiger partial charge in [-0.3, -0.25) is 9.59 Å². The standard InChI is InChI=1S/C19H26N2O3/c1-24-17-8-4-5-15(13-17)9-10-18(22)20-11-12-21(19(23)14-20)16-6-2-3-7-16/h4-5,8,13,16H,2-3,6-7,9-12,14H2,1H3. The molecule has 0 N–H and O–H groups in total. The lowest BCUT2D eigenvalue weighted by Crippen LogP contribution is -2.54. The zero-order valence-electron chi connectivity index (χ0n) is 14.4. The second-order valence-electron chi connectivity index (χ2n) is 6.69. The molecule has 0 aromatic heterocycles. The van der Waals surface area contributed by atoms with Crippen molar-refractivity contribution in [1.29, 1.82) is 0 Å². The average Bonchev–Trinajstić information content (AvgIpc) is 3.14. The van der Waals surface area contributed by atoms with Gasteiger partial charge in [-0.15, -0.1) is 0 Å². The molecule has 1 saturated carbocycles. The quantitative estimate of drug-likeness (QED) is 0.832. The molecule has 5 heteroatoms. The van der Waals surface area contributed by atoms with Gasteiger partial charge in [-0.2, -0.15) is 0 Å². The second-order valence-corrected chi connectivity index (χ2v) is 6.69. The molecule has 1 aliphatic carbocycles. The smallest absolute Gasteiger partial charge is 0.242 e. The van der Waals surface area contributed by atoms with Crippen molar-refractivity contribution in [2.24, 2.45) is 0 Å². The highest BCUT2D eigenvalue weighted by atomic mass is 16.5. The Kier molecular flexibility index (Phi) is 5.38. The van der Waals surface area contributed by atoms with Gasteiger partial charge in [0.2, 0.25) is 11.8 Å². The van der Waals surface area contributed by atoms with Crippen molar-refractivity contribution >= 4 is 11.8 Å². The fraction of sp³-hybridized carbons (Fsp3) is 0.579. The number of benzene rings is 1. The van der Waals surface area contributed by atoms with E-state index in [-0.39, 0.29) is 18.4 Å². The van der Waals surface area contributed by atoms with Crippen molar-refractivity contribution in [1.82, 2.24) is 9.80 Å². The van der Waals surface area contributed by atoms with Crippen molar-refractivity contribution in [3.63, 3.8) is 0 Å². The first kappa shape index (κ1) is 16.8. The highest BCUT2D eigenvalue weighted by Gasteiger charge is 2.32. The molecule has 0 spiro atoms. The predicted octanol–water partition coefficient (Wildman–Crippen LogP) is 2.24. The van der Waals surface area contributed by atoms with Crippen LogP contribution in [0.4, 0.5) is 0 Å². The van der Waals surface area contributed by atoms with Gasteiger partial charge < -0.3 is 14.5 Å². The Morgan fingerprint density at radius 2 is 2.04 bits per heavy atom. The molecule has 0 bridgehead atoms. The SMILES string of the molecule is COc1cccc(CCC(=O)N2CCN(C3CCCC3)C(=O)C2)c1. The summed E-state index contributed by atoms with van der Waals surface area (Å²) < 4.78 is 5.21. The molecule has 1 aromatic rings. The van der Waals surface area contributed by atoms with Crippen LogP contribution in [0, 0.1) is 0 Å². The molecule has 130 valence electrons. The molecule has 1 heterocycles. The Hall–Kier alpha value is -2.04. The first-order valence-corrected chi connectivity index (χ1v) is 8.87. The summed E-state index contributed by atoms with van der Waals surface area (Å²) in [6.07, 6.45) is 5.79. The number of rotatable bonds is 5. The molecule has 5 nitrogen and oxygen atoms in total. The van der Waals surface area contributed by atoms with Crippen molar-refractivity contribution in [3.05, 3.63) is 29.8 Å². The maximum atomic E-state index is 12.4. The van der Waals surface area contributed by atoms with E-state index in [2.05, 4.69) is 0 Å². The third-order valence-corrected chi connectivity index (χ3v) is 5.14. The molecule has 3 rings (SSSR count). The van der Waals surface area contributed by atoms with E-state index in [9.17, 15) is 9.59 Å². The summed E-state index contributed by atoms with van der Waals surface area (Å²) in [5.41, 5.74) is 1.08. The van der Waals surface area contributed by atoms with E-state index < -0.39 is 0 Å². The minimum absolute atomic E-state index is 0.0669. The number of carbonyl (C=O) groups is 2. The normalized spacial score (nSPS) is 19.0. The summed E-state index contributed by atoms with van der Waals surface area (Å²) in [6, 6.07) is 8.19. The lowest BCUT2D eigenvalue weighted by Gasteiger charge is -2.37. The van der Waals surface area contributed by atoms with E-state index in [1.807, 2.05) is 29.2 Å². The van der Waals surface area contributed by atoms with Crippen LogP contribution in [0.25, 0.3) is 0 Å². The summed E-state index contributed by atoms with van der Waals surface area (Å²) in [6.45, 7) is 1.60. The Morgan fingerprint density at radius 3 is 2.75 bits per heavy atom. The topological polar surface area (TPSA) is 49.9 Å². The maximum Gasteiger partial charge on any atom is 0.242 e. The molecular formula is C19H26N2O3. The number of ether oxygens (including phenoxy) is 1. The Morgan fingerprint density at radius 1 is 1.25 bits per heavy atom. The molecule has 0 unspecified atom stereocenters. The number of hydrogen-bond donors (Lipinski definition) is 0. The van der Waals surface area contributed by atoms with Gasteiger partial charge in [-0.05, 0) is 37.0 Å². The molecule has 1 saturated heterocycles. The van der Waals surface area contributed by atoms with Crippen LogP contribution in [-0.4, -0.2) is 54.4 Å². The lowest BCUT2D eigenvalue weighted by molar-refractivity contribution is -0.147. The number of carbonyl (C=O) groups excluding carboxylic acids is 2. The lowest BCUT2D eigenvalue weighted by atomic mass is 10.1. The first-order valence-electron chi connectivity index (χ1n) is 8.87. The number of nitrogens with zero attached hydrogens (tertiary/aromatic N) is 2. The number of amides is 2. The second kappa shape index (κ2) is 7.69. The summed E-state index contributed by atoms with van der Waals surface area (Å²) in [7, 11) is 1.64. The molecule has 1 aromatic carbocycles. The first-order chi connectivity index (χ1) is 11.7. The molecule has 0 radical (unpaired) electrons. The van der Waals surface area contributed by atoms with E-state index in [1.165, 1.54) is 12.8 Å². The number of hydrogen-bond acceptors (Lipinski definition) is 3. The van der Waals surface area contributed by atoms with Crippen LogP contribution in [0.1, 0.15) is 37.7 Å². The monoisotopic (exact) mass is 330 g/mol. The molecule has 2 fully saturated rings. The van der Waals surface area contributed by atoms with Gasteiger partial charge >= 0.3 is 0 Å². The van der Waals surface area contributed by atoms with Gasteiger partial charge in [0, 0.05) is 25.6 Å². The zero-order chi connectivity index (χ0) is 16.9. The predicted molar refractivity (Wildman–Crippen MR) is 91.9 cm³/mol. The molecular weight excluding hydrogens is 304 g/mol. The number of piperazine rings is 1. The summed E-state index contributed by atoms with van der Waals surface area (Å²) in [5, 5.41) is 0. The van der Waals surface area contributed by atoms with Gasteiger partial charge in [-0.1, -0.05) is 25.0 Å². The van der Waals surface area contributed by atoms with Crippen LogP contribution in [0.5, 0.6) is 5.75 Å². The molecule has 0 atom stereocenters. The van der Waals surface area contributed by atoms with E-state index >= 15 is 0 Å². The minimum Gasteiger partial charge on any atom is -0.497 e. The van der Waals surface area contributed by atoms with Crippen molar-refractivity contribution in [2.75, 3.05) is 26.7 Å². The van der Waals surface area contributed by atoms with E-state index in [0.29, 0.717) is 32.0 Å². The molecule has 2 amide bonds. The zero-order valence-corrected chi connectivity index (χ0v) is 14.4. The summed E-state index contributed by atoms with van der Waals surface area (Å²) in [5.74, 6) is 0.987. The highest BCUT2D eigenvalue weighted by Crippen LogP contribution is 2.25. The highest BCUT2D eigenvalue weighted by molar-refractivity contribution is 5.86. The molecule has 1 aliphatic heterocycles. The summed E-state index contributed by atoms with van der Waals surface area (Å²) in [4.78, 5) is 28.5. The van der Waals surface area contributed by atoms with Crippen LogP contribution in [0.15, 0.2) is 24.3 Å². The van der Waals surface area contributed by atoms with Gasteiger partial charge in [0.15, 0.2) is 0 Å². The van der Waals surface area contributed by atoms with Crippen LogP contribution >= 0.6 is 0 Å². The number of aryl methyl sites for hydroxylation is 1.